The molecule has 0 aromatic heterocycles. The second-order valence-electron chi connectivity index (χ2n) is 3.35. The Hall–Kier alpha value is -0.800. The van der Waals surface area contributed by atoms with Crippen LogP contribution in [0.15, 0.2) is 28.7 Å². The van der Waals surface area contributed by atoms with Crippen LogP contribution in [0.1, 0.15) is 0 Å². The van der Waals surface area contributed by atoms with Crippen molar-refractivity contribution >= 4 is 26.0 Å². The van der Waals surface area contributed by atoms with Crippen LogP contribution in [0.4, 0.5) is 13.2 Å². The van der Waals surface area contributed by atoms with E-state index in [1.165, 1.54) is 24.3 Å². The van der Waals surface area contributed by atoms with Crippen LogP contribution >= 0.6 is 15.9 Å². The van der Waals surface area contributed by atoms with E-state index < -0.39 is 28.2 Å². The lowest BCUT2D eigenvalue weighted by Gasteiger charge is -2.20. The van der Waals surface area contributed by atoms with Crippen LogP contribution in [0.2, 0.25) is 0 Å². The van der Waals surface area contributed by atoms with E-state index in [1.54, 1.807) is 0 Å². The zero-order chi connectivity index (χ0) is 14.0. The number of ether oxygens (including phenoxy) is 1. The Kier molecular flexibility index (Phi) is 4.62. The molecule has 1 rings (SSSR count). The minimum Gasteiger partial charge on any atom is -0.480 e. The van der Waals surface area contributed by atoms with Gasteiger partial charge in [0.25, 0.3) is 10.1 Å². The fourth-order valence-corrected chi connectivity index (χ4v) is 1.97. The van der Waals surface area contributed by atoms with Gasteiger partial charge in [0.15, 0.2) is 0 Å². The molecule has 4 nitrogen and oxygen atoms in total. The van der Waals surface area contributed by atoms with Gasteiger partial charge in [-0.05, 0) is 24.3 Å². The SMILES string of the molecule is O=S(=O)(O)CC(Oc1ccc(Br)cc1)C(F)(F)F. The molecule has 0 saturated heterocycles. The maximum atomic E-state index is 12.5. The highest BCUT2D eigenvalue weighted by Gasteiger charge is 2.44. The smallest absolute Gasteiger partial charge is 0.426 e. The van der Waals surface area contributed by atoms with Gasteiger partial charge in [0, 0.05) is 4.47 Å². The number of alkyl halides is 3. The van der Waals surface area contributed by atoms with E-state index in [2.05, 4.69) is 20.7 Å². The second kappa shape index (κ2) is 5.45. The van der Waals surface area contributed by atoms with Crippen molar-refractivity contribution in [1.29, 1.82) is 0 Å². The minimum atomic E-state index is -4.90. The fourth-order valence-electron chi connectivity index (χ4n) is 1.06. The highest BCUT2D eigenvalue weighted by Crippen LogP contribution is 2.27. The molecule has 0 radical (unpaired) electrons. The van der Waals surface area contributed by atoms with E-state index in [0.717, 1.165) is 0 Å². The second-order valence-corrected chi connectivity index (χ2v) is 5.76. The first-order chi connectivity index (χ1) is 8.08. The number of hydrogen-bond acceptors (Lipinski definition) is 3. The molecule has 1 aromatic rings. The Labute approximate surface area is 110 Å². The summed E-state index contributed by atoms with van der Waals surface area (Å²) in [5.41, 5.74) is 0. The molecule has 1 N–H and O–H groups in total. The van der Waals surface area contributed by atoms with Gasteiger partial charge in [-0.25, -0.2) is 0 Å². The van der Waals surface area contributed by atoms with Crippen LogP contribution in [-0.2, 0) is 10.1 Å². The maximum absolute atomic E-state index is 12.5. The van der Waals surface area contributed by atoms with Gasteiger partial charge in [-0.15, -0.1) is 0 Å². The van der Waals surface area contributed by atoms with Crippen LogP contribution in [0, 0.1) is 0 Å². The van der Waals surface area contributed by atoms with Gasteiger partial charge in [-0.2, -0.15) is 21.6 Å². The number of halogens is 4. The van der Waals surface area contributed by atoms with Crippen LogP contribution in [0.25, 0.3) is 0 Å². The molecule has 0 bridgehead atoms. The Balaban J connectivity index is 2.89. The van der Waals surface area contributed by atoms with E-state index in [-0.39, 0.29) is 5.75 Å². The van der Waals surface area contributed by atoms with Gasteiger partial charge in [0.2, 0.25) is 6.10 Å². The van der Waals surface area contributed by atoms with Crippen molar-refractivity contribution < 1.29 is 30.9 Å². The maximum Gasteiger partial charge on any atom is 0.426 e. The quantitative estimate of drug-likeness (QED) is 0.849. The zero-order valence-corrected chi connectivity index (χ0v) is 11.1. The van der Waals surface area contributed by atoms with Gasteiger partial charge in [0.1, 0.15) is 11.5 Å². The summed E-state index contributed by atoms with van der Waals surface area (Å²) in [6, 6.07) is 5.37. The lowest BCUT2D eigenvalue weighted by atomic mass is 10.3. The standard InChI is InChI=1S/C9H8BrF3O4S/c10-6-1-3-7(4-2-6)17-8(9(11,12)13)5-18(14,15)16/h1-4,8H,5H2,(H,14,15,16). The lowest BCUT2D eigenvalue weighted by Crippen LogP contribution is -2.40. The van der Waals surface area contributed by atoms with E-state index in [1.807, 2.05) is 0 Å². The van der Waals surface area contributed by atoms with Crippen molar-refractivity contribution in [3.05, 3.63) is 28.7 Å². The van der Waals surface area contributed by atoms with E-state index in [4.69, 9.17) is 4.55 Å². The summed E-state index contributed by atoms with van der Waals surface area (Å²) in [5, 5.41) is 0. The van der Waals surface area contributed by atoms with Gasteiger partial charge in [-0.3, -0.25) is 4.55 Å². The molecule has 1 unspecified atom stereocenters. The summed E-state index contributed by atoms with van der Waals surface area (Å²) in [6.45, 7) is 0. The normalized spacial score (nSPS) is 14.3. The summed E-state index contributed by atoms with van der Waals surface area (Å²) in [6.07, 6.45) is -7.52. The molecule has 0 aliphatic heterocycles. The van der Waals surface area contributed by atoms with Gasteiger partial charge >= 0.3 is 6.18 Å². The molecule has 1 aromatic carbocycles. The van der Waals surface area contributed by atoms with Gasteiger partial charge in [-0.1, -0.05) is 15.9 Å². The number of hydrogen-bond donors (Lipinski definition) is 1. The first-order valence-electron chi connectivity index (χ1n) is 4.52. The van der Waals surface area contributed by atoms with Crippen LogP contribution in [0.5, 0.6) is 5.75 Å². The third-order valence-corrected chi connectivity index (χ3v) is 3.07. The Morgan fingerprint density at radius 3 is 2.17 bits per heavy atom. The highest BCUT2D eigenvalue weighted by atomic mass is 79.9. The fraction of sp³-hybridized carbons (Fsp3) is 0.333. The Morgan fingerprint density at radius 2 is 1.78 bits per heavy atom. The molecular weight excluding hydrogens is 341 g/mol. The molecule has 0 aliphatic carbocycles. The molecule has 0 saturated carbocycles. The monoisotopic (exact) mass is 348 g/mol. The summed E-state index contributed by atoms with van der Waals surface area (Å²) < 4.78 is 72.1. The van der Waals surface area contributed by atoms with E-state index in [9.17, 15) is 21.6 Å². The lowest BCUT2D eigenvalue weighted by molar-refractivity contribution is -0.188. The molecule has 0 spiro atoms. The van der Waals surface area contributed by atoms with Crippen molar-refractivity contribution in [3.8, 4) is 5.75 Å². The predicted octanol–water partition coefficient (Wildman–Crippen LogP) is 2.65. The summed E-state index contributed by atoms with van der Waals surface area (Å²) in [7, 11) is -4.79. The topological polar surface area (TPSA) is 63.6 Å². The largest absolute Gasteiger partial charge is 0.480 e. The average molecular weight is 349 g/mol. The number of benzene rings is 1. The molecule has 0 fully saturated rings. The molecule has 0 amide bonds. The molecule has 9 heteroatoms. The molecule has 1 atom stereocenters. The van der Waals surface area contributed by atoms with Crippen LogP contribution in [0.3, 0.4) is 0 Å². The van der Waals surface area contributed by atoms with Crippen molar-refractivity contribution in [2.24, 2.45) is 0 Å². The van der Waals surface area contributed by atoms with Crippen molar-refractivity contribution in [2.45, 2.75) is 12.3 Å². The molecule has 102 valence electrons. The van der Waals surface area contributed by atoms with Crippen molar-refractivity contribution in [3.63, 3.8) is 0 Å². The molecule has 0 aliphatic rings. The van der Waals surface area contributed by atoms with Crippen LogP contribution in [-0.4, -0.2) is 31.0 Å². The Morgan fingerprint density at radius 1 is 1.28 bits per heavy atom. The van der Waals surface area contributed by atoms with Gasteiger partial charge < -0.3 is 4.74 Å². The summed E-state index contributed by atoms with van der Waals surface area (Å²) in [4.78, 5) is 0. The predicted molar refractivity (Wildman–Crippen MR) is 61.0 cm³/mol. The third-order valence-electron chi connectivity index (χ3n) is 1.82. The average Bonchev–Trinajstić information content (AvgIpc) is 2.17. The minimum absolute atomic E-state index is 0.149. The first-order valence-corrected chi connectivity index (χ1v) is 6.92. The molecule has 0 heterocycles. The van der Waals surface area contributed by atoms with Gasteiger partial charge in [0.05, 0.1) is 0 Å². The van der Waals surface area contributed by atoms with Crippen molar-refractivity contribution in [2.75, 3.05) is 5.75 Å². The van der Waals surface area contributed by atoms with E-state index >= 15 is 0 Å². The first kappa shape index (κ1) is 15.3. The third kappa shape index (κ3) is 5.23. The van der Waals surface area contributed by atoms with Crippen molar-refractivity contribution in [1.82, 2.24) is 0 Å². The number of rotatable bonds is 4. The Bertz CT molecular complexity index is 498. The molecular formula is C9H8BrF3O4S. The zero-order valence-electron chi connectivity index (χ0n) is 8.69. The van der Waals surface area contributed by atoms with Crippen LogP contribution < -0.4 is 4.74 Å². The molecule has 18 heavy (non-hydrogen) atoms. The highest BCUT2D eigenvalue weighted by molar-refractivity contribution is 9.10. The summed E-state index contributed by atoms with van der Waals surface area (Å²) in [5.74, 6) is -1.70. The summed E-state index contributed by atoms with van der Waals surface area (Å²) >= 11 is 3.09. The van der Waals surface area contributed by atoms with E-state index in [0.29, 0.717) is 4.47 Å².